The lowest BCUT2D eigenvalue weighted by atomic mass is 10.2. The molecule has 1 aliphatic rings. The number of alkyl halides is 2. The molecule has 0 aliphatic heterocycles. The van der Waals surface area contributed by atoms with E-state index in [0.717, 1.165) is 34.2 Å². The fourth-order valence-corrected chi connectivity index (χ4v) is 5.48. The summed E-state index contributed by atoms with van der Waals surface area (Å²) in [5.41, 5.74) is 1.05. The maximum Gasteiger partial charge on any atom is 0.319 e. The lowest BCUT2D eigenvalue weighted by Gasteiger charge is -2.11. The Labute approximate surface area is 156 Å². The van der Waals surface area contributed by atoms with E-state index in [2.05, 4.69) is 16.5 Å². The van der Waals surface area contributed by atoms with Crippen molar-refractivity contribution in [2.45, 2.75) is 43.3 Å². The molecule has 1 aliphatic carbocycles. The predicted molar refractivity (Wildman–Crippen MR) is 99.1 cm³/mol. The Morgan fingerprint density at radius 3 is 3.04 bits per heavy atom. The number of imidazole rings is 1. The zero-order chi connectivity index (χ0) is 18.3. The third kappa shape index (κ3) is 2.88. The summed E-state index contributed by atoms with van der Waals surface area (Å²) in [6.07, 6.45) is 7.22. The molecule has 0 unspecified atom stereocenters. The van der Waals surface area contributed by atoms with E-state index in [0.29, 0.717) is 17.1 Å². The average molecular weight is 394 g/mol. The van der Waals surface area contributed by atoms with Crippen LogP contribution in [0.15, 0.2) is 35.0 Å². The van der Waals surface area contributed by atoms with Gasteiger partial charge in [-0.15, -0.1) is 17.9 Å². The van der Waals surface area contributed by atoms with Gasteiger partial charge in [0.1, 0.15) is 10.7 Å². The average Bonchev–Trinajstić information content (AvgIpc) is 3.30. The van der Waals surface area contributed by atoms with Crippen molar-refractivity contribution in [3.63, 3.8) is 0 Å². The Kier molecular flexibility index (Phi) is 4.66. The van der Waals surface area contributed by atoms with Gasteiger partial charge in [-0.1, -0.05) is 17.8 Å². The van der Waals surface area contributed by atoms with Crippen LogP contribution >= 0.6 is 23.1 Å². The molecule has 136 valence electrons. The molecular weight excluding hydrogens is 378 g/mol. The zero-order valence-electron chi connectivity index (χ0n) is 13.8. The molecule has 3 aromatic heterocycles. The van der Waals surface area contributed by atoms with Crippen LogP contribution in [0.1, 0.15) is 29.2 Å². The van der Waals surface area contributed by atoms with Gasteiger partial charge in [-0.2, -0.15) is 8.78 Å². The molecule has 3 aromatic rings. The third-order valence-electron chi connectivity index (χ3n) is 4.39. The highest BCUT2D eigenvalue weighted by atomic mass is 32.2. The van der Waals surface area contributed by atoms with Crippen LogP contribution in [0.5, 0.6) is 0 Å². The second kappa shape index (κ2) is 6.96. The minimum atomic E-state index is -2.64. The topological polar surface area (TPSA) is 52.7 Å². The van der Waals surface area contributed by atoms with Gasteiger partial charge in [0.2, 0.25) is 0 Å². The van der Waals surface area contributed by atoms with Gasteiger partial charge in [0.25, 0.3) is 5.56 Å². The summed E-state index contributed by atoms with van der Waals surface area (Å²) < 4.78 is 28.4. The molecule has 0 bridgehead atoms. The normalized spacial score (nSPS) is 13.7. The molecule has 0 aromatic carbocycles. The van der Waals surface area contributed by atoms with Gasteiger partial charge in [0.15, 0.2) is 5.16 Å². The number of rotatable bonds is 6. The van der Waals surface area contributed by atoms with E-state index in [9.17, 15) is 13.6 Å². The van der Waals surface area contributed by atoms with Gasteiger partial charge >= 0.3 is 6.55 Å². The summed E-state index contributed by atoms with van der Waals surface area (Å²) in [6, 6.07) is 0. The van der Waals surface area contributed by atoms with E-state index in [4.69, 9.17) is 0 Å². The molecule has 0 fully saturated rings. The van der Waals surface area contributed by atoms with Crippen LogP contribution in [0.3, 0.4) is 0 Å². The van der Waals surface area contributed by atoms with Crippen LogP contribution in [0, 0.1) is 0 Å². The highest BCUT2D eigenvalue weighted by molar-refractivity contribution is 7.98. The van der Waals surface area contributed by atoms with E-state index in [1.54, 1.807) is 22.0 Å². The molecule has 4 rings (SSSR count). The molecule has 5 nitrogen and oxygen atoms in total. The second-order valence-electron chi connectivity index (χ2n) is 5.95. The van der Waals surface area contributed by atoms with E-state index >= 15 is 0 Å². The summed E-state index contributed by atoms with van der Waals surface area (Å²) in [6.45, 7) is 1.41. The van der Waals surface area contributed by atoms with Gasteiger partial charge in [-0.3, -0.25) is 13.9 Å². The maximum absolute atomic E-state index is 13.0. The fourth-order valence-electron chi connectivity index (χ4n) is 3.22. The van der Waals surface area contributed by atoms with Crippen LogP contribution in [0.25, 0.3) is 10.2 Å². The van der Waals surface area contributed by atoms with E-state index in [1.165, 1.54) is 29.0 Å². The lowest BCUT2D eigenvalue weighted by Crippen LogP contribution is -2.23. The molecule has 9 heteroatoms. The highest BCUT2D eigenvalue weighted by Crippen LogP contribution is 2.36. The van der Waals surface area contributed by atoms with Crippen molar-refractivity contribution in [1.82, 2.24) is 19.1 Å². The Balaban J connectivity index is 1.74. The van der Waals surface area contributed by atoms with Crippen LogP contribution in [0.2, 0.25) is 0 Å². The van der Waals surface area contributed by atoms with Crippen molar-refractivity contribution in [2.24, 2.45) is 0 Å². The van der Waals surface area contributed by atoms with Crippen molar-refractivity contribution in [3.05, 3.63) is 51.7 Å². The fraction of sp³-hybridized carbons (Fsp3) is 0.353. The van der Waals surface area contributed by atoms with Gasteiger partial charge in [0.05, 0.1) is 11.1 Å². The number of aryl methyl sites for hydroxylation is 2. The molecular formula is C17H16F2N4OS2. The van der Waals surface area contributed by atoms with Crippen molar-refractivity contribution in [3.8, 4) is 0 Å². The quantitative estimate of drug-likeness (QED) is 0.360. The second-order valence-corrected chi connectivity index (χ2v) is 7.98. The van der Waals surface area contributed by atoms with Crippen molar-refractivity contribution in [1.29, 1.82) is 0 Å². The Hall–Kier alpha value is -2.00. The first-order valence-corrected chi connectivity index (χ1v) is 9.99. The molecule has 26 heavy (non-hydrogen) atoms. The van der Waals surface area contributed by atoms with E-state index in [1.807, 2.05) is 0 Å². The monoisotopic (exact) mass is 394 g/mol. The number of allylic oxidation sites excluding steroid dienone is 1. The van der Waals surface area contributed by atoms with Gasteiger partial charge in [-0.05, 0) is 24.8 Å². The summed E-state index contributed by atoms with van der Waals surface area (Å²) in [7, 11) is 0. The van der Waals surface area contributed by atoms with Crippen LogP contribution in [0.4, 0.5) is 8.78 Å². The standard InChI is InChI=1S/C17H16F2N4OS2/c1-2-7-23-15(24)13-10-4-3-5-11(10)26-14(13)21-17(23)25-9-12-20-6-8-22(12)16(18)19/h2,6,8,16H,1,3-5,7,9H2. The smallest absolute Gasteiger partial charge is 0.283 e. The number of thioether (sulfide) groups is 1. The van der Waals surface area contributed by atoms with E-state index in [-0.39, 0.29) is 17.1 Å². The Morgan fingerprint density at radius 2 is 2.27 bits per heavy atom. The number of hydrogen-bond donors (Lipinski definition) is 0. The molecule has 0 saturated heterocycles. The maximum atomic E-state index is 13.0. The summed E-state index contributed by atoms with van der Waals surface area (Å²) >= 11 is 2.81. The first-order valence-electron chi connectivity index (χ1n) is 8.18. The number of halogens is 2. The number of aromatic nitrogens is 4. The van der Waals surface area contributed by atoms with Crippen molar-refractivity contribution < 1.29 is 8.78 Å². The van der Waals surface area contributed by atoms with E-state index < -0.39 is 6.55 Å². The van der Waals surface area contributed by atoms with Crippen molar-refractivity contribution >= 4 is 33.3 Å². The number of nitrogens with zero attached hydrogens (tertiary/aromatic N) is 4. The minimum absolute atomic E-state index is 0.0750. The van der Waals surface area contributed by atoms with Gasteiger partial charge in [0, 0.05) is 23.8 Å². The first-order chi connectivity index (χ1) is 12.6. The van der Waals surface area contributed by atoms with Crippen LogP contribution < -0.4 is 5.56 Å². The first kappa shape index (κ1) is 17.4. The zero-order valence-corrected chi connectivity index (χ0v) is 15.5. The molecule has 0 saturated carbocycles. The molecule has 0 N–H and O–H groups in total. The predicted octanol–water partition coefficient (Wildman–Crippen LogP) is 4.02. The molecule has 0 radical (unpaired) electrons. The van der Waals surface area contributed by atoms with Crippen LogP contribution in [-0.2, 0) is 25.1 Å². The highest BCUT2D eigenvalue weighted by Gasteiger charge is 2.23. The summed E-state index contributed by atoms with van der Waals surface area (Å²) in [5.74, 6) is 0.454. The van der Waals surface area contributed by atoms with Gasteiger partial charge in [-0.25, -0.2) is 9.97 Å². The van der Waals surface area contributed by atoms with Gasteiger partial charge < -0.3 is 0 Å². The van der Waals surface area contributed by atoms with Crippen LogP contribution in [-0.4, -0.2) is 19.1 Å². The summed E-state index contributed by atoms with van der Waals surface area (Å²) in [5, 5.41) is 1.22. The van der Waals surface area contributed by atoms with Crippen molar-refractivity contribution in [2.75, 3.05) is 0 Å². The lowest BCUT2D eigenvalue weighted by molar-refractivity contribution is 0.0678. The molecule has 0 amide bonds. The SMILES string of the molecule is C=CCn1c(SCc2nccn2C(F)F)nc2sc3c(c2c1=O)CCC3. The Bertz CT molecular complexity index is 1040. The number of fused-ring (bicyclic) bond motifs is 3. The number of hydrogen-bond acceptors (Lipinski definition) is 5. The molecule has 3 heterocycles. The molecule has 0 spiro atoms. The minimum Gasteiger partial charge on any atom is -0.283 e. The summed E-state index contributed by atoms with van der Waals surface area (Å²) in [4.78, 5) is 23.6. The number of thiophene rings is 1. The molecule has 0 atom stereocenters. The Morgan fingerprint density at radius 1 is 1.42 bits per heavy atom. The largest absolute Gasteiger partial charge is 0.319 e. The third-order valence-corrected chi connectivity index (χ3v) is 6.55.